The Hall–Kier alpha value is -1.06. The van der Waals surface area contributed by atoms with Crippen LogP contribution in [0.3, 0.4) is 0 Å². The van der Waals surface area contributed by atoms with Crippen molar-refractivity contribution in [3.05, 3.63) is 41.0 Å². The molecule has 0 aliphatic heterocycles. The van der Waals surface area contributed by atoms with Crippen LogP contribution in [-0.2, 0) is 0 Å². The third-order valence-corrected chi connectivity index (χ3v) is 1.89. The van der Waals surface area contributed by atoms with Crippen LogP contribution >= 0.6 is 23.2 Å². The molecule has 13 heavy (non-hydrogen) atoms. The van der Waals surface area contributed by atoms with E-state index in [1.807, 2.05) is 24.5 Å². The summed E-state index contributed by atoms with van der Waals surface area (Å²) in [6, 6.07) is 5.43. The summed E-state index contributed by atoms with van der Waals surface area (Å²) in [7, 11) is 0. The number of rotatable bonds is 1. The van der Waals surface area contributed by atoms with E-state index in [-0.39, 0.29) is 5.28 Å². The lowest BCUT2D eigenvalue weighted by Gasteiger charge is -2.01. The van der Waals surface area contributed by atoms with E-state index in [1.54, 1.807) is 10.6 Å². The Balaban J connectivity index is 2.53. The minimum absolute atomic E-state index is 0.149. The molecule has 0 atom stereocenters. The maximum absolute atomic E-state index is 5.72. The molecule has 0 amide bonds. The molecule has 2 rings (SSSR count). The molecule has 2 aromatic rings. The minimum Gasteiger partial charge on any atom is -0.308 e. The molecule has 66 valence electrons. The van der Waals surface area contributed by atoms with Crippen LogP contribution in [0, 0.1) is 0 Å². The van der Waals surface area contributed by atoms with Crippen LogP contribution in [0.15, 0.2) is 30.6 Å². The highest BCUT2D eigenvalue weighted by atomic mass is 35.5. The molecule has 0 spiro atoms. The second kappa shape index (κ2) is 3.36. The van der Waals surface area contributed by atoms with E-state index in [2.05, 4.69) is 9.97 Å². The number of hydrogen-bond acceptors (Lipinski definition) is 2. The van der Waals surface area contributed by atoms with Crippen molar-refractivity contribution in [1.82, 2.24) is 14.5 Å². The molecule has 2 heterocycles. The summed E-state index contributed by atoms with van der Waals surface area (Å²) in [5.74, 6) is 0.662. The number of nitrogens with zero attached hydrogens (tertiary/aromatic N) is 3. The van der Waals surface area contributed by atoms with Crippen LogP contribution in [0.4, 0.5) is 0 Å². The van der Waals surface area contributed by atoms with Crippen LogP contribution in [-0.4, -0.2) is 14.5 Å². The first-order valence-corrected chi connectivity index (χ1v) is 4.35. The predicted molar refractivity (Wildman–Crippen MR) is 51.4 cm³/mol. The van der Waals surface area contributed by atoms with Gasteiger partial charge in [0, 0.05) is 18.5 Å². The van der Waals surface area contributed by atoms with Gasteiger partial charge in [-0.2, -0.15) is 4.98 Å². The predicted octanol–water partition coefficient (Wildman–Crippen LogP) is 2.57. The van der Waals surface area contributed by atoms with E-state index in [1.165, 1.54) is 0 Å². The molecule has 2 aromatic heterocycles. The van der Waals surface area contributed by atoms with Crippen LogP contribution in [0.5, 0.6) is 0 Å². The van der Waals surface area contributed by atoms with Crippen LogP contribution in [0.25, 0.3) is 5.82 Å². The molecular weight excluding hydrogens is 209 g/mol. The van der Waals surface area contributed by atoms with Crippen molar-refractivity contribution in [3.8, 4) is 5.82 Å². The summed E-state index contributed by atoms with van der Waals surface area (Å²) in [4.78, 5) is 7.76. The molecule has 0 aliphatic rings. The fourth-order valence-electron chi connectivity index (χ4n) is 0.998. The summed E-state index contributed by atoms with van der Waals surface area (Å²) in [5, 5.41) is 0.486. The van der Waals surface area contributed by atoms with Gasteiger partial charge >= 0.3 is 0 Å². The van der Waals surface area contributed by atoms with Gasteiger partial charge in [0.1, 0.15) is 11.0 Å². The molecule has 5 heteroatoms. The quantitative estimate of drug-likeness (QED) is 0.539. The fourth-order valence-corrected chi connectivity index (χ4v) is 1.40. The molecule has 0 aliphatic carbocycles. The van der Waals surface area contributed by atoms with Gasteiger partial charge in [-0.1, -0.05) is 11.6 Å². The van der Waals surface area contributed by atoms with E-state index >= 15 is 0 Å². The Morgan fingerprint density at radius 2 is 1.77 bits per heavy atom. The van der Waals surface area contributed by atoms with Crippen molar-refractivity contribution in [2.75, 3.05) is 0 Å². The van der Waals surface area contributed by atoms with Crippen molar-refractivity contribution in [3.63, 3.8) is 0 Å². The summed E-state index contributed by atoms with van der Waals surface area (Å²) in [6.07, 6.45) is 3.71. The second-order valence-electron chi connectivity index (χ2n) is 2.41. The van der Waals surface area contributed by atoms with E-state index in [0.29, 0.717) is 11.0 Å². The maximum Gasteiger partial charge on any atom is 0.225 e. The van der Waals surface area contributed by atoms with Gasteiger partial charge in [-0.15, -0.1) is 0 Å². The lowest BCUT2D eigenvalue weighted by Crippen LogP contribution is -1.95. The molecule has 0 saturated heterocycles. The van der Waals surface area contributed by atoms with Gasteiger partial charge in [0.2, 0.25) is 5.28 Å². The topological polar surface area (TPSA) is 30.7 Å². The monoisotopic (exact) mass is 213 g/mol. The third-order valence-electron chi connectivity index (χ3n) is 1.52. The van der Waals surface area contributed by atoms with Gasteiger partial charge in [-0.05, 0) is 23.7 Å². The Kier molecular flexibility index (Phi) is 2.20. The highest BCUT2D eigenvalue weighted by Gasteiger charge is 2.01. The summed E-state index contributed by atoms with van der Waals surface area (Å²) in [5.41, 5.74) is 0. The molecule has 3 nitrogen and oxygen atoms in total. The summed E-state index contributed by atoms with van der Waals surface area (Å²) in [6.45, 7) is 0. The van der Waals surface area contributed by atoms with Gasteiger partial charge in [-0.25, -0.2) is 4.98 Å². The molecule has 0 bridgehead atoms. The van der Waals surface area contributed by atoms with Crippen molar-refractivity contribution < 1.29 is 0 Å². The minimum atomic E-state index is 0.149. The zero-order chi connectivity index (χ0) is 9.26. The molecular formula is C8H5Cl2N3. The average molecular weight is 214 g/mol. The molecule has 0 N–H and O–H groups in total. The van der Waals surface area contributed by atoms with E-state index in [0.717, 1.165) is 0 Å². The second-order valence-corrected chi connectivity index (χ2v) is 3.13. The van der Waals surface area contributed by atoms with Crippen molar-refractivity contribution >= 4 is 23.2 Å². The van der Waals surface area contributed by atoms with Crippen LogP contribution in [0.2, 0.25) is 10.4 Å². The lowest BCUT2D eigenvalue weighted by molar-refractivity contribution is 0.983. The molecule has 0 radical (unpaired) electrons. The van der Waals surface area contributed by atoms with Crippen molar-refractivity contribution in [1.29, 1.82) is 0 Å². The van der Waals surface area contributed by atoms with Gasteiger partial charge < -0.3 is 4.57 Å². The molecule has 0 saturated carbocycles. The smallest absolute Gasteiger partial charge is 0.225 e. The third kappa shape index (κ3) is 1.82. The van der Waals surface area contributed by atoms with E-state index in [4.69, 9.17) is 23.2 Å². The Morgan fingerprint density at radius 3 is 2.38 bits per heavy atom. The first-order valence-electron chi connectivity index (χ1n) is 3.59. The number of halogens is 2. The van der Waals surface area contributed by atoms with Gasteiger partial charge in [0.15, 0.2) is 0 Å². The first kappa shape index (κ1) is 8.53. The zero-order valence-electron chi connectivity index (χ0n) is 6.48. The van der Waals surface area contributed by atoms with Gasteiger partial charge in [0.25, 0.3) is 0 Å². The highest BCUT2D eigenvalue weighted by molar-refractivity contribution is 6.31. The molecule has 0 aromatic carbocycles. The SMILES string of the molecule is Clc1cc(-n2cccc2)nc(Cl)n1. The van der Waals surface area contributed by atoms with Crippen molar-refractivity contribution in [2.24, 2.45) is 0 Å². The number of aromatic nitrogens is 3. The Labute approximate surface area is 85.0 Å². The maximum atomic E-state index is 5.72. The Bertz CT molecular complexity index is 391. The first-order chi connectivity index (χ1) is 6.25. The van der Waals surface area contributed by atoms with E-state index < -0.39 is 0 Å². The Morgan fingerprint density at radius 1 is 1.08 bits per heavy atom. The van der Waals surface area contributed by atoms with Crippen LogP contribution < -0.4 is 0 Å². The standard InChI is InChI=1S/C8H5Cl2N3/c9-6-5-7(12-8(10)11-6)13-3-1-2-4-13/h1-5H. The highest BCUT2D eigenvalue weighted by Crippen LogP contribution is 2.13. The summed E-state index contributed by atoms with van der Waals surface area (Å²) >= 11 is 11.4. The normalized spacial score (nSPS) is 10.3. The zero-order valence-corrected chi connectivity index (χ0v) is 8.00. The summed E-state index contributed by atoms with van der Waals surface area (Å²) < 4.78 is 1.80. The molecule has 0 unspecified atom stereocenters. The number of hydrogen-bond donors (Lipinski definition) is 0. The fraction of sp³-hybridized carbons (Fsp3) is 0. The average Bonchev–Trinajstić information content (AvgIpc) is 2.53. The van der Waals surface area contributed by atoms with E-state index in [9.17, 15) is 0 Å². The van der Waals surface area contributed by atoms with Gasteiger partial charge in [-0.3, -0.25) is 0 Å². The molecule has 0 fully saturated rings. The lowest BCUT2D eigenvalue weighted by atomic mass is 10.6. The largest absolute Gasteiger partial charge is 0.308 e. The van der Waals surface area contributed by atoms with Gasteiger partial charge in [0.05, 0.1) is 0 Å². The van der Waals surface area contributed by atoms with Crippen LogP contribution in [0.1, 0.15) is 0 Å². The van der Waals surface area contributed by atoms with Crippen molar-refractivity contribution in [2.45, 2.75) is 0 Å².